The Morgan fingerprint density at radius 2 is 2.33 bits per heavy atom. The Morgan fingerprint density at radius 1 is 1.56 bits per heavy atom. The molecule has 1 saturated heterocycles. The van der Waals surface area contributed by atoms with Crippen LogP contribution in [0.4, 0.5) is 0 Å². The summed E-state index contributed by atoms with van der Waals surface area (Å²) in [6, 6.07) is 4.96. The molecule has 0 radical (unpaired) electrons. The van der Waals surface area contributed by atoms with Gasteiger partial charge < -0.3 is 15.2 Å². The average molecular weight is 335 g/mol. The monoisotopic (exact) mass is 333 g/mol. The van der Waals surface area contributed by atoms with Crippen molar-refractivity contribution in [3.05, 3.63) is 33.3 Å². The summed E-state index contributed by atoms with van der Waals surface area (Å²) < 4.78 is 5.85. The van der Waals surface area contributed by atoms with Gasteiger partial charge in [-0.25, -0.2) is 0 Å². The number of benzene rings is 1. The lowest BCUT2D eigenvalue weighted by Gasteiger charge is -2.20. The Balaban J connectivity index is 1.99. The molecule has 1 aromatic carbocycles. The highest BCUT2D eigenvalue weighted by Crippen LogP contribution is 2.20. The predicted molar refractivity (Wildman–Crippen MR) is 71.9 cm³/mol. The Bertz CT molecular complexity index is 440. The number of carbonyl (C=O) groups is 1. The molecule has 4 nitrogen and oxygen atoms in total. The van der Waals surface area contributed by atoms with Crippen LogP contribution < -0.4 is 5.32 Å². The number of hydrogen-bond donors (Lipinski definition) is 2. The standard InChI is InChI=1S/C12H13BrClNO3/c13-9-3-8(4-10(14)5-9)11(16)15-6-12(17)1-2-18-7-12/h3-5,17H,1-2,6-7H2,(H,15,16). The minimum atomic E-state index is -0.953. The Labute approximate surface area is 118 Å². The lowest BCUT2D eigenvalue weighted by Crippen LogP contribution is -2.43. The van der Waals surface area contributed by atoms with E-state index in [0.29, 0.717) is 23.6 Å². The Kier molecular flexibility index (Phi) is 4.27. The number of aliphatic hydroxyl groups is 1. The zero-order chi connectivity index (χ0) is 13.2. The van der Waals surface area contributed by atoms with E-state index in [0.717, 1.165) is 4.47 Å². The van der Waals surface area contributed by atoms with Crippen LogP contribution in [0.25, 0.3) is 0 Å². The van der Waals surface area contributed by atoms with Crippen molar-refractivity contribution in [3.63, 3.8) is 0 Å². The van der Waals surface area contributed by atoms with Crippen molar-refractivity contribution in [2.75, 3.05) is 19.8 Å². The molecule has 18 heavy (non-hydrogen) atoms. The van der Waals surface area contributed by atoms with E-state index in [1.54, 1.807) is 18.2 Å². The van der Waals surface area contributed by atoms with Crippen molar-refractivity contribution in [2.45, 2.75) is 12.0 Å². The summed E-state index contributed by atoms with van der Waals surface area (Å²) in [6.45, 7) is 0.956. The third-order valence-corrected chi connectivity index (χ3v) is 3.46. The molecule has 1 amide bonds. The van der Waals surface area contributed by atoms with Crippen molar-refractivity contribution < 1.29 is 14.6 Å². The molecule has 1 fully saturated rings. The summed E-state index contributed by atoms with van der Waals surface area (Å²) in [5, 5.41) is 13.2. The van der Waals surface area contributed by atoms with Crippen LogP contribution >= 0.6 is 27.5 Å². The molecule has 1 aliphatic rings. The van der Waals surface area contributed by atoms with Gasteiger partial charge in [-0.15, -0.1) is 0 Å². The first kappa shape index (κ1) is 13.8. The first-order valence-corrected chi connectivity index (χ1v) is 6.70. The molecule has 2 N–H and O–H groups in total. The third kappa shape index (κ3) is 3.45. The highest BCUT2D eigenvalue weighted by atomic mass is 79.9. The van der Waals surface area contributed by atoms with E-state index in [1.165, 1.54) is 0 Å². The maximum Gasteiger partial charge on any atom is 0.251 e. The van der Waals surface area contributed by atoms with Gasteiger partial charge in [-0.3, -0.25) is 4.79 Å². The second kappa shape index (κ2) is 5.57. The minimum absolute atomic E-state index is 0.177. The molecule has 1 aromatic rings. The van der Waals surface area contributed by atoms with Crippen LogP contribution in [-0.2, 0) is 4.74 Å². The molecular formula is C12H13BrClNO3. The van der Waals surface area contributed by atoms with Crippen molar-refractivity contribution in [3.8, 4) is 0 Å². The first-order chi connectivity index (χ1) is 8.48. The molecule has 98 valence electrons. The lowest BCUT2D eigenvalue weighted by atomic mass is 10.0. The number of rotatable bonds is 3. The number of hydrogen-bond acceptors (Lipinski definition) is 3. The fourth-order valence-corrected chi connectivity index (χ4v) is 2.63. The summed E-state index contributed by atoms with van der Waals surface area (Å²) in [4.78, 5) is 11.9. The molecule has 1 unspecified atom stereocenters. The van der Waals surface area contributed by atoms with Gasteiger partial charge >= 0.3 is 0 Å². The van der Waals surface area contributed by atoms with E-state index in [1.807, 2.05) is 0 Å². The van der Waals surface area contributed by atoms with E-state index in [4.69, 9.17) is 16.3 Å². The van der Waals surface area contributed by atoms with Gasteiger partial charge in [0.15, 0.2) is 0 Å². The van der Waals surface area contributed by atoms with Crippen LogP contribution in [0.5, 0.6) is 0 Å². The molecule has 0 bridgehead atoms. The number of amides is 1. The summed E-state index contributed by atoms with van der Waals surface area (Å²) in [6.07, 6.45) is 0.534. The molecule has 1 heterocycles. The van der Waals surface area contributed by atoms with E-state index in [2.05, 4.69) is 21.2 Å². The number of carbonyl (C=O) groups excluding carboxylic acids is 1. The molecular weight excluding hydrogens is 321 g/mol. The molecule has 2 rings (SSSR count). The zero-order valence-corrected chi connectivity index (χ0v) is 11.9. The fourth-order valence-electron chi connectivity index (χ4n) is 1.77. The molecule has 0 aliphatic carbocycles. The molecule has 0 aromatic heterocycles. The summed E-state index contributed by atoms with van der Waals surface area (Å²) in [5.74, 6) is -0.265. The number of ether oxygens (including phenoxy) is 1. The summed E-state index contributed by atoms with van der Waals surface area (Å²) in [5.41, 5.74) is -0.497. The van der Waals surface area contributed by atoms with Crippen LogP contribution in [0.1, 0.15) is 16.8 Å². The highest BCUT2D eigenvalue weighted by Gasteiger charge is 2.32. The van der Waals surface area contributed by atoms with Crippen molar-refractivity contribution in [1.82, 2.24) is 5.32 Å². The van der Waals surface area contributed by atoms with Crippen LogP contribution in [-0.4, -0.2) is 36.4 Å². The van der Waals surface area contributed by atoms with Crippen LogP contribution in [0.3, 0.4) is 0 Å². The van der Waals surface area contributed by atoms with Crippen LogP contribution in [0.2, 0.25) is 5.02 Å². The van der Waals surface area contributed by atoms with E-state index < -0.39 is 5.60 Å². The van der Waals surface area contributed by atoms with Gasteiger partial charge in [-0.05, 0) is 18.2 Å². The van der Waals surface area contributed by atoms with Crippen molar-refractivity contribution >= 4 is 33.4 Å². The fraction of sp³-hybridized carbons (Fsp3) is 0.417. The Morgan fingerprint density at radius 3 is 2.94 bits per heavy atom. The van der Waals surface area contributed by atoms with Gasteiger partial charge in [0, 0.05) is 34.6 Å². The maximum atomic E-state index is 11.9. The van der Waals surface area contributed by atoms with Gasteiger partial charge in [0.2, 0.25) is 0 Å². The second-order valence-electron chi connectivity index (χ2n) is 4.37. The van der Waals surface area contributed by atoms with Crippen LogP contribution in [0, 0.1) is 0 Å². The van der Waals surface area contributed by atoms with Crippen molar-refractivity contribution in [1.29, 1.82) is 0 Å². The van der Waals surface area contributed by atoms with Gasteiger partial charge in [0.25, 0.3) is 5.91 Å². The average Bonchev–Trinajstić information content (AvgIpc) is 2.72. The SMILES string of the molecule is O=C(NCC1(O)CCOC1)c1cc(Cl)cc(Br)c1. The van der Waals surface area contributed by atoms with Gasteiger partial charge in [0.1, 0.15) is 5.60 Å². The first-order valence-electron chi connectivity index (χ1n) is 5.53. The minimum Gasteiger partial charge on any atom is -0.386 e. The second-order valence-corrected chi connectivity index (χ2v) is 5.72. The topological polar surface area (TPSA) is 58.6 Å². The highest BCUT2D eigenvalue weighted by molar-refractivity contribution is 9.10. The largest absolute Gasteiger partial charge is 0.386 e. The quantitative estimate of drug-likeness (QED) is 0.889. The molecule has 1 aliphatic heterocycles. The van der Waals surface area contributed by atoms with Crippen LogP contribution in [0.15, 0.2) is 22.7 Å². The molecule has 0 saturated carbocycles. The van der Waals surface area contributed by atoms with Crippen molar-refractivity contribution in [2.24, 2.45) is 0 Å². The number of nitrogens with one attached hydrogen (secondary N) is 1. The predicted octanol–water partition coefficient (Wildman–Crippen LogP) is 1.98. The smallest absolute Gasteiger partial charge is 0.251 e. The zero-order valence-electron chi connectivity index (χ0n) is 9.58. The molecule has 1 atom stereocenters. The van der Waals surface area contributed by atoms with Gasteiger partial charge in [0.05, 0.1) is 6.61 Å². The van der Waals surface area contributed by atoms with E-state index in [9.17, 15) is 9.90 Å². The summed E-state index contributed by atoms with van der Waals surface area (Å²) >= 11 is 9.14. The summed E-state index contributed by atoms with van der Waals surface area (Å²) in [7, 11) is 0. The number of halogens is 2. The van der Waals surface area contributed by atoms with E-state index >= 15 is 0 Å². The lowest BCUT2D eigenvalue weighted by molar-refractivity contribution is 0.0264. The maximum absolute atomic E-state index is 11.9. The Hall–Kier alpha value is -0.620. The van der Waals surface area contributed by atoms with Gasteiger partial charge in [-0.2, -0.15) is 0 Å². The molecule has 6 heteroatoms. The van der Waals surface area contributed by atoms with E-state index in [-0.39, 0.29) is 19.1 Å². The normalized spacial score (nSPS) is 23.1. The third-order valence-electron chi connectivity index (χ3n) is 2.79. The van der Waals surface area contributed by atoms with Gasteiger partial charge in [-0.1, -0.05) is 27.5 Å². The molecule has 0 spiro atoms.